The lowest BCUT2D eigenvalue weighted by Gasteiger charge is -2.11. The predicted octanol–water partition coefficient (Wildman–Crippen LogP) is 3.67. The van der Waals surface area contributed by atoms with E-state index in [-0.39, 0.29) is 0 Å². The van der Waals surface area contributed by atoms with Crippen LogP contribution in [0, 0.1) is 0 Å². The summed E-state index contributed by atoms with van der Waals surface area (Å²) in [4.78, 5) is 0. The summed E-state index contributed by atoms with van der Waals surface area (Å²) in [5, 5.41) is 4.51. The summed E-state index contributed by atoms with van der Waals surface area (Å²) >= 11 is 0. The van der Waals surface area contributed by atoms with Gasteiger partial charge in [-0.25, -0.2) is 0 Å². The zero-order chi connectivity index (χ0) is 12.8. The average Bonchev–Trinajstić information content (AvgIpc) is 2.61. The summed E-state index contributed by atoms with van der Waals surface area (Å²) in [7, 11) is 0. The molecule has 96 valence electrons. The molecule has 0 radical (unpaired) electrons. The summed E-state index contributed by atoms with van der Waals surface area (Å²) in [5.74, 6) is 0. The van der Waals surface area contributed by atoms with Crippen molar-refractivity contribution in [3.63, 3.8) is 0 Å². The summed E-state index contributed by atoms with van der Waals surface area (Å²) in [5.41, 5.74) is 7.98. The summed E-state index contributed by atoms with van der Waals surface area (Å²) < 4.78 is 0. The van der Waals surface area contributed by atoms with Gasteiger partial charge in [0.05, 0.1) is 5.71 Å². The number of hydrogen-bond donors (Lipinski definition) is 1. The van der Waals surface area contributed by atoms with E-state index < -0.39 is 0 Å². The van der Waals surface area contributed by atoms with Crippen molar-refractivity contribution in [2.45, 2.75) is 39.0 Å². The van der Waals surface area contributed by atoms with E-state index in [9.17, 15) is 0 Å². The topological polar surface area (TPSA) is 24.4 Å². The van der Waals surface area contributed by atoms with E-state index in [0.29, 0.717) is 0 Å². The molecule has 1 heterocycles. The Bertz CT molecular complexity index is 446. The van der Waals surface area contributed by atoms with Gasteiger partial charge in [0, 0.05) is 12.1 Å². The number of rotatable bonds is 5. The van der Waals surface area contributed by atoms with Crippen LogP contribution in [-0.2, 0) is 6.42 Å². The number of hydrazone groups is 1. The number of fused-ring (bicyclic) bond motifs is 1. The first-order chi connectivity index (χ1) is 8.83. The fourth-order valence-corrected chi connectivity index (χ4v) is 2.33. The van der Waals surface area contributed by atoms with Gasteiger partial charge >= 0.3 is 0 Å². The van der Waals surface area contributed by atoms with E-state index in [1.54, 1.807) is 0 Å². The van der Waals surface area contributed by atoms with E-state index in [1.807, 2.05) is 0 Å². The Labute approximate surface area is 110 Å². The number of nitrogens with zero attached hydrogens (tertiary/aromatic N) is 1. The van der Waals surface area contributed by atoms with Crippen LogP contribution in [0.15, 0.2) is 41.5 Å². The first-order valence-corrected chi connectivity index (χ1v) is 6.90. The zero-order valence-corrected chi connectivity index (χ0v) is 11.2. The standard InChI is InChI=1S/C16H22N2/c1-3-4-5-8-13(2)16-15-10-7-6-9-14(15)11-12-17-18-16/h6-7,9-10,17H,2-5,8,11-12H2,1H3. The lowest BCUT2D eigenvalue weighted by atomic mass is 9.94. The fourth-order valence-electron chi connectivity index (χ4n) is 2.33. The molecule has 2 rings (SSSR count). The molecule has 2 heteroatoms. The smallest absolute Gasteiger partial charge is 0.0930 e. The Morgan fingerprint density at radius 2 is 2.17 bits per heavy atom. The van der Waals surface area contributed by atoms with Gasteiger partial charge in [-0.05, 0) is 30.4 Å². The maximum absolute atomic E-state index is 4.51. The van der Waals surface area contributed by atoms with Crippen molar-refractivity contribution < 1.29 is 0 Å². The highest BCUT2D eigenvalue weighted by atomic mass is 15.3. The molecule has 0 fully saturated rings. The maximum Gasteiger partial charge on any atom is 0.0930 e. The van der Waals surface area contributed by atoms with Gasteiger partial charge in [0.2, 0.25) is 0 Å². The Morgan fingerprint density at radius 3 is 3.00 bits per heavy atom. The highest BCUT2D eigenvalue weighted by Crippen LogP contribution is 2.19. The minimum atomic E-state index is 0.906. The molecule has 1 aliphatic heterocycles. The largest absolute Gasteiger partial charge is 0.309 e. The molecule has 1 aromatic carbocycles. The van der Waals surface area contributed by atoms with Gasteiger partial charge in [-0.2, -0.15) is 5.10 Å². The van der Waals surface area contributed by atoms with Crippen LogP contribution in [-0.4, -0.2) is 12.3 Å². The van der Waals surface area contributed by atoms with Crippen LogP contribution in [0.25, 0.3) is 0 Å². The molecule has 18 heavy (non-hydrogen) atoms. The van der Waals surface area contributed by atoms with Crippen molar-refractivity contribution in [2.24, 2.45) is 5.10 Å². The highest BCUT2D eigenvalue weighted by molar-refractivity contribution is 6.13. The van der Waals surface area contributed by atoms with Gasteiger partial charge in [-0.3, -0.25) is 0 Å². The van der Waals surface area contributed by atoms with Crippen molar-refractivity contribution in [2.75, 3.05) is 6.54 Å². The van der Waals surface area contributed by atoms with Crippen molar-refractivity contribution in [1.29, 1.82) is 0 Å². The van der Waals surface area contributed by atoms with E-state index in [0.717, 1.165) is 30.7 Å². The molecule has 0 bridgehead atoms. The molecule has 0 saturated carbocycles. The van der Waals surface area contributed by atoms with Gasteiger partial charge in [0.25, 0.3) is 0 Å². The van der Waals surface area contributed by atoms with Gasteiger partial charge in [0.15, 0.2) is 0 Å². The number of nitrogens with one attached hydrogen (secondary N) is 1. The van der Waals surface area contributed by atoms with Gasteiger partial charge in [0.1, 0.15) is 0 Å². The number of benzene rings is 1. The number of allylic oxidation sites excluding steroid dienone is 1. The molecule has 0 aliphatic carbocycles. The van der Waals surface area contributed by atoms with Crippen LogP contribution in [0.3, 0.4) is 0 Å². The summed E-state index contributed by atoms with van der Waals surface area (Å²) in [6, 6.07) is 8.53. The van der Waals surface area contributed by atoms with E-state index in [4.69, 9.17) is 0 Å². The molecular weight excluding hydrogens is 220 g/mol. The second kappa shape index (κ2) is 6.39. The summed E-state index contributed by atoms with van der Waals surface area (Å²) in [6.07, 6.45) is 5.79. The molecule has 0 saturated heterocycles. The van der Waals surface area contributed by atoms with E-state index >= 15 is 0 Å². The Morgan fingerprint density at radius 1 is 1.33 bits per heavy atom. The first kappa shape index (κ1) is 12.9. The second-order valence-corrected chi connectivity index (χ2v) is 4.84. The number of hydrogen-bond acceptors (Lipinski definition) is 2. The molecule has 0 aromatic heterocycles. The summed E-state index contributed by atoms with van der Waals surface area (Å²) in [6.45, 7) is 7.35. The highest BCUT2D eigenvalue weighted by Gasteiger charge is 2.14. The fraction of sp³-hybridized carbons (Fsp3) is 0.438. The van der Waals surface area contributed by atoms with Crippen LogP contribution in [0.2, 0.25) is 0 Å². The molecule has 0 spiro atoms. The molecule has 1 aromatic rings. The predicted molar refractivity (Wildman–Crippen MR) is 78.0 cm³/mol. The molecule has 1 N–H and O–H groups in total. The van der Waals surface area contributed by atoms with Crippen LogP contribution < -0.4 is 5.43 Å². The van der Waals surface area contributed by atoms with Crippen molar-refractivity contribution in [3.8, 4) is 0 Å². The monoisotopic (exact) mass is 242 g/mol. The third-order valence-electron chi connectivity index (χ3n) is 3.39. The van der Waals surface area contributed by atoms with E-state index in [1.165, 1.54) is 30.4 Å². The lowest BCUT2D eigenvalue weighted by molar-refractivity contribution is 0.719. The average molecular weight is 242 g/mol. The Hall–Kier alpha value is -1.57. The van der Waals surface area contributed by atoms with Crippen molar-refractivity contribution >= 4 is 5.71 Å². The van der Waals surface area contributed by atoms with Crippen LogP contribution in [0.5, 0.6) is 0 Å². The maximum atomic E-state index is 4.51. The third kappa shape index (κ3) is 3.00. The number of unbranched alkanes of at least 4 members (excludes halogenated alkanes) is 2. The molecule has 0 atom stereocenters. The van der Waals surface area contributed by atoms with Crippen molar-refractivity contribution in [1.82, 2.24) is 5.43 Å². The molecule has 1 aliphatic rings. The van der Waals surface area contributed by atoms with Crippen LogP contribution in [0.1, 0.15) is 43.7 Å². The van der Waals surface area contributed by atoms with Crippen molar-refractivity contribution in [3.05, 3.63) is 47.5 Å². The SMILES string of the molecule is C=C(CCCCC)C1=NNCCc2ccccc21. The quantitative estimate of drug-likeness (QED) is 0.783. The van der Waals surface area contributed by atoms with Gasteiger partial charge < -0.3 is 5.43 Å². The van der Waals surface area contributed by atoms with Crippen LogP contribution in [0.4, 0.5) is 0 Å². The second-order valence-electron chi connectivity index (χ2n) is 4.84. The zero-order valence-electron chi connectivity index (χ0n) is 11.2. The molecule has 0 unspecified atom stereocenters. The van der Waals surface area contributed by atoms with Gasteiger partial charge in [-0.15, -0.1) is 0 Å². The molecule has 0 amide bonds. The Kier molecular flexibility index (Phi) is 4.57. The first-order valence-electron chi connectivity index (χ1n) is 6.90. The third-order valence-corrected chi connectivity index (χ3v) is 3.39. The van der Waals surface area contributed by atoms with Gasteiger partial charge in [-0.1, -0.05) is 50.6 Å². The Balaban J connectivity index is 2.16. The lowest BCUT2D eigenvalue weighted by Crippen LogP contribution is -2.10. The minimum absolute atomic E-state index is 0.906. The minimum Gasteiger partial charge on any atom is -0.309 e. The molecule has 2 nitrogen and oxygen atoms in total. The van der Waals surface area contributed by atoms with E-state index in [2.05, 4.69) is 48.3 Å². The molecular formula is C16H22N2. The normalized spacial score (nSPS) is 14.2. The van der Waals surface area contributed by atoms with Crippen LogP contribution >= 0.6 is 0 Å².